The second-order valence-electron chi connectivity index (χ2n) is 11.2. The van der Waals surface area contributed by atoms with E-state index in [2.05, 4.69) is 27.8 Å². The molecule has 4 aliphatic rings. The Kier molecular flexibility index (Phi) is 11.1. The number of fused-ring (bicyclic) bond motifs is 2. The predicted molar refractivity (Wildman–Crippen MR) is 174 cm³/mol. The molecule has 3 atom stereocenters. The molecule has 0 amide bonds. The van der Waals surface area contributed by atoms with Crippen LogP contribution in [0.2, 0.25) is 5.02 Å². The first-order valence-corrected chi connectivity index (χ1v) is 17.0. The van der Waals surface area contributed by atoms with E-state index in [4.69, 9.17) is 48.4 Å². The summed E-state index contributed by atoms with van der Waals surface area (Å²) in [5.74, 6) is 0.795. The molecule has 2 N–H and O–H groups in total. The first-order chi connectivity index (χ1) is 20.8. The zero-order valence-corrected chi connectivity index (χ0v) is 27.4. The number of ether oxygens (including phenoxy) is 2. The normalized spacial score (nSPS) is 24.3. The van der Waals surface area contributed by atoms with Gasteiger partial charge in [-0.1, -0.05) is 42.3 Å². The van der Waals surface area contributed by atoms with Crippen molar-refractivity contribution in [1.29, 1.82) is 0 Å². The summed E-state index contributed by atoms with van der Waals surface area (Å²) in [6.45, 7) is 6.32. The molecular weight excluding hydrogens is 610 g/mol. The van der Waals surface area contributed by atoms with Crippen molar-refractivity contribution in [2.24, 2.45) is 10.7 Å². The number of methoxy groups -OCH3 is 1. The predicted octanol–water partition coefficient (Wildman–Crippen LogP) is 6.09. The van der Waals surface area contributed by atoms with Crippen molar-refractivity contribution in [3.8, 4) is 6.01 Å². The van der Waals surface area contributed by atoms with E-state index in [0.29, 0.717) is 54.8 Å². The third-order valence-corrected chi connectivity index (χ3v) is 10.1. The molecule has 0 saturated carbocycles. The molecule has 0 aliphatic carbocycles. The van der Waals surface area contributed by atoms with Crippen molar-refractivity contribution in [2.45, 2.75) is 70.4 Å². The molecule has 2 saturated heterocycles. The number of aliphatic imine (C=N–C) groups is 1. The molecular formula is C31H41Cl2FN6O2S. The Morgan fingerprint density at radius 3 is 2.84 bits per heavy atom. The van der Waals surface area contributed by atoms with E-state index in [1.807, 2.05) is 18.4 Å². The molecule has 3 unspecified atom stereocenters. The number of alkyl halides is 1. The first-order valence-electron chi connectivity index (χ1n) is 15.0. The van der Waals surface area contributed by atoms with Crippen molar-refractivity contribution in [3.05, 3.63) is 55.7 Å². The lowest BCUT2D eigenvalue weighted by Crippen LogP contribution is -2.33. The maximum absolute atomic E-state index is 12.6. The van der Waals surface area contributed by atoms with Crippen LogP contribution < -0.4 is 15.4 Å². The molecule has 6 rings (SSSR count). The lowest BCUT2D eigenvalue weighted by Gasteiger charge is -2.31. The maximum atomic E-state index is 12.6. The zero-order valence-electron chi connectivity index (χ0n) is 25.1. The van der Waals surface area contributed by atoms with Crippen LogP contribution in [0.15, 0.2) is 33.3 Å². The van der Waals surface area contributed by atoms with Crippen molar-refractivity contribution < 1.29 is 13.9 Å². The molecule has 2 aromatic rings. The standard InChI is InChI=1S/C24H29Cl2N5O2S.C7H12FN/c1-4-14-15(7-5-8-17(14)25)20-11-18-16(13-33-20)23(30-24(29-18)32-2)31-10-6-9-28-19(12-31)21(26)22(27)34-3;8-6-4-7-2-1-3-9(7)5-6/h5,7-8,20H,4,6,9-13,27H2,1-3H3;6-7H,1-5H2/b22-21-;. The average molecular weight is 652 g/mol. The number of nitrogens with zero attached hydrogens (tertiary/aromatic N) is 5. The van der Waals surface area contributed by atoms with E-state index in [-0.39, 0.29) is 6.10 Å². The molecule has 8 nitrogen and oxygen atoms in total. The smallest absolute Gasteiger partial charge is 0.318 e. The van der Waals surface area contributed by atoms with Crippen LogP contribution in [0, 0.1) is 0 Å². The molecule has 4 aliphatic heterocycles. The Hall–Kier alpha value is -2.11. The van der Waals surface area contributed by atoms with Gasteiger partial charge in [0.05, 0.1) is 47.8 Å². The summed E-state index contributed by atoms with van der Waals surface area (Å²) in [6.07, 6.45) is 6.91. The molecule has 0 spiro atoms. The van der Waals surface area contributed by atoms with Gasteiger partial charge in [-0.15, -0.1) is 11.8 Å². The fraction of sp³-hybridized carbons (Fsp3) is 0.581. The van der Waals surface area contributed by atoms with E-state index in [1.165, 1.54) is 24.6 Å². The molecule has 0 bridgehead atoms. The number of nitrogens with two attached hydrogens (primary N) is 1. The van der Waals surface area contributed by atoms with Gasteiger partial charge in [0.25, 0.3) is 0 Å². The minimum Gasteiger partial charge on any atom is -0.467 e. The number of anilines is 1. The Labute approximate surface area is 268 Å². The van der Waals surface area contributed by atoms with Crippen molar-refractivity contribution in [2.75, 3.05) is 51.0 Å². The van der Waals surface area contributed by atoms with Crippen LogP contribution in [0.4, 0.5) is 10.2 Å². The molecule has 0 radical (unpaired) electrons. The largest absolute Gasteiger partial charge is 0.467 e. The van der Waals surface area contributed by atoms with Gasteiger partial charge in [-0.25, -0.2) is 4.39 Å². The summed E-state index contributed by atoms with van der Waals surface area (Å²) in [5, 5.41) is 1.82. The number of aromatic nitrogens is 2. The van der Waals surface area contributed by atoms with Gasteiger partial charge in [0.2, 0.25) is 0 Å². The van der Waals surface area contributed by atoms with Crippen LogP contribution in [0.5, 0.6) is 6.01 Å². The quantitative estimate of drug-likeness (QED) is 0.402. The van der Waals surface area contributed by atoms with Gasteiger partial charge in [-0.2, -0.15) is 9.97 Å². The topological polar surface area (TPSA) is 89.1 Å². The van der Waals surface area contributed by atoms with Crippen LogP contribution >= 0.6 is 35.0 Å². The number of rotatable bonds is 6. The summed E-state index contributed by atoms with van der Waals surface area (Å²) < 4.78 is 24.4. The highest BCUT2D eigenvalue weighted by Gasteiger charge is 2.35. The summed E-state index contributed by atoms with van der Waals surface area (Å²) >= 11 is 14.4. The number of hydrogen-bond acceptors (Lipinski definition) is 9. The van der Waals surface area contributed by atoms with E-state index < -0.39 is 6.17 Å². The van der Waals surface area contributed by atoms with Crippen LogP contribution in [0.3, 0.4) is 0 Å². The van der Waals surface area contributed by atoms with Crippen LogP contribution in [-0.4, -0.2) is 78.9 Å². The monoisotopic (exact) mass is 650 g/mol. The Bertz CT molecular complexity index is 1350. The second-order valence-corrected chi connectivity index (χ2v) is 12.9. The minimum absolute atomic E-state index is 0.131. The highest BCUT2D eigenvalue weighted by Crippen LogP contribution is 2.38. The zero-order chi connectivity index (χ0) is 30.5. The van der Waals surface area contributed by atoms with E-state index >= 15 is 0 Å². The van der Waals surface area contributed by atoms with Crippen LogP contribution in [-0.2, 0) is 24.2 Å². The van der Waals surface area contributed by atoms with Crippen LogP contribution in [0.25, 0.3) is 0 Å². The fourth-order valence-corrected chi connectivity index (χ4v) is 7.36. The van der Waals surface area contributed by atoms with Gasteiger partial charge < -0.3 is 20.1 Å². The lowest BCUT2D eigenvalue weighted by molar-refractivity contribution is 0.0252. The molecule has 2 fully saturated rings. The van der Waals surface area contributed by atoms with Gasteiger partial charge in [-0.05, 0) is 62.1 Å². The molecule has 234 valence electrons. The summed E-state index contributed by atoms with van der Waals surface area (Å²) in [7, 11) is 1.59. The minimum atomic E-state index is -0.518. The maximum Gasteiger partial charge on any atom is 0.318 e. The van der Waals surface area contributed by atoms with Crippen molar-refractivity contribution in [1.82, 2.24) is 14.9 Å². The first kappa shape index (κ1) is 32.3. The Morgan fingerprint density at radius 2 is 2.09 bits per heavy atom. The van der Waals surface area contributed by atoms with Crippen molar-refractivity contribution in [3.63, 3.8) is 0 Å². The molecule has 1 aromatic carbocycles. The number of benzene rings is 1. The number of hydrogen-bond donors (Lipinski definition) is 1. The van der Waals surface area contributed by atoms with E-state index in [1.54, 1.807) is 7.11 Å². The highest BCUT2D eigenvalue weighted by atomic mass is 35.5. The molecule has 1 aromatic heterocycles. The third-order valence-electron chi connectivity index (χ3n) is 8.57. The lowest BCUT2D eigenvalue weighted by atomic mass is 9.94. The summed E-state index contributed by atoms with van der Waals surface area (Å²) in [4.78, 5) is 18.5. The van der Waals surface area contributed by atoms with E-state index in [9.17, 15) is 4.39 Å². The molecule has 12 heteroatoms. The van der Waals surface area contributed by atoms with Gasteiger partial charge in [0.15, 0.2) is 0 Å². The fourth-order valence-electron chi connectivity index (χ4n) is 6.40. The number of halogens is 3. The van der Waals surface area contributed by atoms with Gasteiger partial charge in [-0.3, -0.25) is 9.89 Å². The Balaban J connectivity index is 0.000000345. The number of thioether (sulfide) groups is 1. The van der Waals surface area contributed by atoms with Crippen molar-refractivity contribution >= 4 is 46.5 Å². The van der Waals surface area contributed by atoms with E-state index in [0.717, 1.165) is 71.3 Å². The SMILES string of the molecule is CCc1c(Cl)cccc1C1Cc2nc(OC)nc(N3CCCN=C(/C(Cl)=C(\N)SC)C3)c2CO1.FC1CC2CCCN2C1. The summed E-state index contributed by atoms with van der Waals surface area (Å²) in [6, 6.07) is 6.93. The van der Waals surface area contributed by atoms with Crippen LogP contribution in [0.1, 0.15) is 61.1 Å². The average Bonchev–Trinajstić information content (AvgIpc) is 3.51. The Morgan fingerprint density at radius 1 is 1.26 bits per heavy atom. The molecule has 5 heterocycles. The second kappa shape index (κ2) is 14.8. The summed E-state index contributed by atoms with van der Waals surface area (Å²) in [5.41, 5.74) is 11.0. The van der Waals surface area contributed by atoms with Gasteiger partial charge in [0.1, 0.15) is 12.0 Å². The highest BCUT2D eigenvalue weighted by molar-refractivity contribution is 8.02. The third kappa shape index (κ3) is 7.41. The molecule has 43 heavy (non-hydrogen) atoms. The van der Waals surface area contributed by atoms with Gasteiger partial charge in [0, 0.05) is 42.7 Å². The van der Waals surface area contributed by atoms with Gasteiger partial charge >= 0.3 is 6.01 Å².